The highest BCUT2D eigenvalue weighted by Gasteiger charge is 2.23. The van der Waals surface area contributed by atoms with Crippen molar-refractivity contribution in [1.82, 2.24) is 10.2 Å². The van der Waals surface area contributed by atoms with Gasteiger partial charge in [-0.15, -0.1) is 11.3 Å². The van der Waals surface area contributed by atoms with Gasteiger partial charge in [-0.25, -0.2) is 0 Å². The number of thiophene rings is 1. The number of rotatable bonds is 4. The van der Waals surface area contributed by atoms with Gasteiger partial charge in [0.15, 0.2) is 0 Å². The molecule has 0 aliphatic carbocycles. The van der Waals surface area contributed by atoms with Crippen molar-refractivity contribution in [2.45, 2.75) is 13.5 Å². The molecule has 1 N–H and O–H groups in total. The van der Waals surface area contributed by atoms with E-state index >= 15 is 0 Å². The van der Waals surface area contributed by atoms with E-state index in [0.717, 1.165) is 29.3 Å². The van der Waals surface area contributed by atoms with Gasteiger partial charge in [0, 0.05) is 18.0 Å². The molecule has 4 heteroatoms. The van der Waals surface area contributed by atoms with Gasteiger partial charge in [-0.3, -0.25) is 0 Å². The molecule has 2 atom stereocenters. The Labute approximate surface area is 107 Å². The molecule has 0 bridgehead atoms. The van der Waals surface area contributed by atoms with Gasteiger partial charge in [0.25, 0.3) is 0 Å². The lowest BCUT2D eigenvalue weighted by molar-refractivity contribution is 0.254. The third-order valence-corrected chi connectivity index (χ3v) is 4.49. The molecule has 2 heterocycles. The quantitative estimate of drug-likeness (QED) is 0.893. The Kier molecular flexibility index (Phi) is 4.25. The van der Waals surface area contributed by atoms with Crippen molar-refractivity contribution in [3.8, 4) is 0 Å². The van der Waals surface area contributed by atoms with Crippen molar-refractivity contribution in [2.24, 2.45) is 11.8 Å². The third kappa shape index (κ3) is 3.20. The van der Waals surface area contributed by atoms with Gasteiger partial charge in [0.1, 0.15) is 0 Å². The molecular formula is C12H19ClN2S. The molecule has 2 rings (SSSR count). The highest BCUT2D eigenvalue weighted by molar-refractivity contribution is 7.16. The van der Waals surface area contributed by atoms with E-state index in [1.165, 1.54) is 18.0 Å². The van der Waals surface area contributed by atoms with Gasteiger partial charge in [-0.1, -0.05) is 18.5 Å². The highest BCUT2D eigenvalue weighted by Crippen LogP contribution is 2.23. The molecule has 1 fully saturated rings. The monoisotopic (exact) mass is 258 g/mol. The van der Waals surface area contributed by atoms with E-state index in [4.69, 9.17) is 11.6 Å². The predicted molar refractivity (Wildman–Crippen MR) is 71.2 cm³/mol. The van der Waals surface area contributed by atoms with Crippen LogP contribution in [0, 0.1) is 11.8 Å². The van der Waals surface area contributed by atoms with Gasteiger partial charge in [0.05, 0.1) is 4.34 Å². The lowest BCUT2D eigenvalue weighted by Crippen LogP contribution is -2.28. The van der Waals surface area contributed by atoms with Crippen molar-refractivity contribution in [1.29, 1.82) is 0 Å². The van der Waals surface area contributed by atoms with Crippen LogP contribution >= 0.6 is 22.9 Å². The van der Waals surface area contributed by atoms with Crippen molar-refractivity contribution in [3.05, 3.63) is 21.3 Å². The average molecular weight is 259 g/mol. The normalized spacial score (nSPS) is 25.5. The summed E-state index contributed by atoms with van der Waals surface area (Å²) in [6.45, 7) is 6.85. The van der Waals surface area contributed by atoms with Gasteiger partial charge < -0.3 is 10.2 Å². The van der Waals surface area contributed by atoms with Gasteiger partial charge in [-0.2, -0.15) is 0 Å². The molecule has 1 aromatic heterocycles. The summed E-state index contributed by atoms with van der Waals surface area (Å²) in [6, 6.07) is 4.11. The van der Waals surface area contributed by atoms with E-state index in [9.17, 15) is 0 Å². The lowest BCUT2D eigenvalue weighted by atomic mass is 9.98. The molecule has 1 aliphatic heterocycles. The molecule has 1 aromatic rings. The zero-order valence-corrected chi connectivity index (χ0v) is 11.4. The first-order chi connectivity index (χ1) is 7.65. The Morgan fingerprint density at radius 1 is 1.50 bits per heavy atom. The number of halogens is 1. The summed E-state index contributed by atoms with van der Waals surface area (Å²) in [5.41, 5.74) is 0. The molecule has 0 saturated carbocycles. The molecular weight excluding hydrogens is 240 g/mol. The van der Waals surface area contributed by atoms with Gasteiger partial charge in [-0.05, 0) is 44.1 Å². The molecule has 0 radical (unpaired) electrons. The minimum Gasteiger partial charge on any atom is -0.316 e. The fraction of sp³-hybridized carbons (Fsp3) is 0.667. The minimum atomic E-state index is 0.792. The maximum Gasteiger partial charge on any atom is 0.0931 e. The van der Waals surface area contributed by atoms with E-state index in [0.29, 0.717) is 0 Å². The SMILES string of the molecule is C[C@@H]1CNC[C@H]1CN(C)Cc1ccc(Cl)s1. The first-order valence-corrected chi connectivity index (χ1v) is 6.98. The number of nitrogens with one attached hydrogen (secondary N) is 1. The fourth-order valence-electron chi connectivity index (χ4n) is 2.28. The number of hydrogen-bond acceptors (Lipinski definition) is 3. The van der Waals surface area contributed by atoms with Crippen molar-refractivity contribution >= 4 is 22.9 Å². The Hall–Kier alpha value is -0.0900. The number of hydrogen-bond donors (Lipinski definition) is 1. The highest BCUT2D eigenvalue weighted by atomic mass is 35.5. The predicted octanol–water partition coefficient (Wildman–Crippen LogP) is 2.69. The number of nitrogens with zero attached hydrogens (tertiary/aromatic N) is 1. The zero-order chi connectivity index (χ0) is 11.5. The van der Waals surface area contributed by atoms with Crippen molar-refractivity contribution in [3.63, 3.8) is 0 Å². The standard InChI is InChI=1S/C12H19ClN2S/c1-9-5-14-6-10(9)7-15(2)8-11-3-4-12(13)16-11/h3-4,9-10,14H,5-8H2,1-2H3/t9-,10+/m1/s1. The summed E-state index contributed by atoms with van der Waals surface area (Å²) >= 11 is 7.61. The molecule has 0 spiro atoms. The molecule has 1 aliphatic rings. The van der Waals surface area contributed by atoms with Crippen LogP contribution in [0.5, 0.6) is 0 Å². The smallest absolute Gasteiger partial charge is 0.0931 e. The van der Waals surface area contributed by atoms with Crippen LogP contribution in [-0.2, 0) is 6.54 Å². The summed E-state index contributed by atoms with van der Waals surface area (Å²) < 4.78 is 0.888. The van der Waals surface area contributed by atoms with Gasteiger partial charge >= 0.3 is 0 Å². The van der Waals surface area contributed by atoms with Crippen LogP contribution < -0.4 is 5.32 Å². The summed E-state index contributed by atoms with van der Waals surface area (Å²) in [5, 5.41) is 3.45. The topological polar surface area (TPSA) is 15.3 Å². The molecule has 1 saturated heterocycles. The van der Waals surface area contributed by atoms with E-state index in [-0.39, 0.29) is 0 Å². The lowest BCUT2D eigenvalue weighted by Gasteiger charge is -2.22. The first kappa shape index (κ1) is 12.4. The van der Waals surface area contributed by atoms with Crippen LogP contribution in [0.15, 0.2) is 12.1 Å². The van der Waals surface area contributed by atoms with Gasteiger partial charge in [0.2, 0.25) is 0 Å². The van der Waals surface area contributed by atoms with E-state index in [2.05, 4.69) is 30.3 Å². The molecule has 90 valence electrons. The van der Waals surface area contributed by atoms with Crippen LogP contribution in [0.1, 0.15) is 11.8 Å². The summed E-state index contributed by atoms with van der Waals surface area (Å²) in [4.78, 5) is 3.75. The first-order valence-electron chi connectivity index (χ1n) is 5.78. The van der Waals surface area contributed by atoms with E-state index in [1.807, 2.05) is 6.07 Å². The molecule has 0 aromatic carbocycles. The second kappa shape index (κ2) is 5.50. The second-order valence-corrected chi connectivity index (χ2v) is 6.60. The average Bonchev–Trinajstić information content (AvgIpc) is 2.77. The maximum atomic E-state index is 5.93. The Morgan fingerprint density at radius 3 is 2.88 bits per heavy atom. The fourth-order valence-corrected chi connectivity index (χ4v) is 3.44. The maximum absolute atomic E-state index is 5.93. The Morgan fingerprint density at radius 2 is 2.31 bits per heavy atom. The largest absolute Gasteiger partial charge is 0.316 e. The van der Waals surface area contributed by atoms with Crippen molar-refractivity contribution in [2.75, 3.05) is 26.7 Å². The van der Waals surface area contributed by atoms with E-state index < -0.39 is 0 Å². The second-order valence-electron chi connectivity index (χ2n) is 4.80. The Bertz CT molecular complexity index is 340. The summed E-state index contributed by atoms with van der Waals surface area (Å²) in [5.74, 6) is 1.59. The molecule has 16 heavy (non-hydrogen) atoms. The Balaban J connectivity index is 1.82. The third-order valence-electron chi connectivity index (χ3n) is 3.28. The minimum absolute atomic E-state index is 0.792. The van der Waals surface area contributed by atoms with Crippen LogP contribution in [-0.4, -0.2) is 31.6 Å². The molecule has 2 nitrogen and oxygen atoms in total. The van der Waals surface area contributed by atoms with Crippen LogP contribution in [0.25, 0.3) is 0 Å². The van der Waals surface area contributed by atoms with Crippen LogP contribution in [0.4, 0.5) is 0 Å². The van der Waals surface area contributed by atoms with E-state index in [1.54, 1.807) is 11.3 Å². The van der Waals surface area contributed by atoms with Crippen LogP contribution in [0.3, 0.4) is 0 Å². The molecule has 0 unspecified atom stereocenters. The van der Waals surface area contributed by atoms with Crippen LogP contribution in [0.2, 0.25) is 4.34 Å². The zero-order valence-electron chi connectivity index (χ0n) is 9.87. The summed E-state index contributed by atoms with van der Waals surface area (Å²) in [6.07, 6.45) is 0. The van der Waals surface area contributed by atoms with Crippen molar-refractivity contribution < 1.29 is 0 Å². The summed E-state index contributed by atoms with van der Waals surface area (Å²) in [7, 11) is 2.19. The molecule has 0 amide bonds.